The lowest BCUT2D eigenvalue weighted by Crippen LogP contribution is -2.16. The van der Waals surface area contributed by atoms with E-state index in [0.29, 0.717) is 22.4 Å². The van der Waals surface area contributed by atoms with Crippen molar-refractivity contribution in [3.8, 4) is 0 Å². The Kier molecular flexibility index (Phi) is 3.93. The van der Waals surface area contributed by atoms with Gasteiger partial charge in [-0.15, -0.1) is 0 Å². The van der Waals surface area contributed by atoms with Gasteiger partial charge in [-0.2, -0.15) is 5.06 Å². The maximum absolute atomic E-state index is 5.89. The van der Waals surface area contributed by atoms with Crippen LogP contribution in [0.25, 0.3) is 0 Å². The fourth-order valence-electron chi connectivity index (χ4n) is 0.844. The summed E-state index contributed by atoms with van der Waals surface area (Å²) in [5.74, 6) is 0. The molecule has 0 saturated heterocycles. The van der Waals surface area contributed by atoms with Crippen molar-refractivity contribution in [2.75, 3.05) is 14.2 Å². The van der Waals surface area contributed by atoms with Crippen molar-refractivity contribution in [2.24, 2.45) is 0 Å². The number of nitrogens with zero attached hydrogens (tertiary/aromatic N) is 2. The minimum absolute atomic E-state index is 0.434. The Morgan fingerprint density at radius 2 is 2.15 bits per heavy atom. The zero-order chi connectivity index (χ0) is 9.84. The fraction of sp³-hybridized carbons (Fsp3) is 0.375. The second-order valence-electron chi connectivity index (χ2n) is 2.53. The molecule has 1 heterocycles. The van der Waals surface area contributed by atoms with E-state index in [2.05, 4.69) is 4.98 Å². The number of hydrogen-bond acceptors (Lipinski definition) is 3. The van der Waals surface area contributed by atoms with Crippen molar-refractivity contribution < 1.29 is 4.84 Å². The predicted octanol–water partition coefficient (Wildman–Crippen LogP) is 2.38. The van der Waals surface area contributed by atoms with Crippen LogP contribution in [0.3, 0.4) is 0 Å². The van der Waals surface area contributed by atoms with Crippen molar-refractivity contribution in [2.45, 2.75) is 6.54 Å². The van der Waals surface area contributed by atoms with Crippen LogP contribution in [-0.2, 0) is 11.4 Å². The molecule has 1 aromatic rings. The van der Waals surface area contributed by atoms with E-state index in [-0.39, 0.29) is 0 Å². The van der Waals surface area contributed by atoms with Gasteiger partial charge >= 0.3 is 0 Å². The van der Waals surface area contributed by atoms with Gasteiger partial charge < -0.3 is 4.84 Å². The van der Waals surface area contributed by atoms with Crippen molar-refractivity contribution in [3.05, 3.63) is 28.0 Å². The molecule has 5 heteroatoms. The Labute approximate surface area is 87.2 Å². The number of rotatable bonds is 3. The van der Waals surface area contributed by atoms with Gasteiger partial charge in [0.2, 0.25) is 0 Å². The third-order valence-corrected chi connectivity index (χ3v) is 2.12. The summed E-state index contributed by atoms with van der Waals surface area (Å²) in [6.07, 6.45) is 0. The maximum atomic E-state index is 5.89. The molecule has 0 fully saturated rings. The second kappa shape index (κ2) is 4.77. The lowest BCUT2D eigenvalue weighted by molar-refractivity contribution is -0.117. The first kappa shape index (κ1) is 10.7. The van der Waals surface area contributed by atoms with E-state index in [1.54, 1.807) is 31.4 Å². The highest BCUT2D eigenvalue weighted by Crippen LogP contribution is 2.17. The molecule has 0 saturated carbocycles. The molecule has 1 rings (SSSR count). The Morgan fingerprint density at radius 3 is 2.77 bits per heavy atom. The SMILES string of the molecule is CON(C)Cc1nc(Cl)ccc1Cl. The Balaban J connectivity index is 2.81. The topological polar surface area (TPSA) is 25.4 Å². The first-order valence-corrected chi connectivity index (χ1v) is 4.45. The van der Waals surface area contributed by atoms with Crippen LogP contribution in [-0.4, -0.2) is 24.2 Å². The van der Waals surface area contributed by atoms with E-state index in [9.17, 15) is 0 Å². The molecular formula is C8H10Cl2N2O. The molecule has 3 nitrogen and oxygen atoms in total. The summed E-state index contributed by atoms with van der Waals surface area (Å²) in [6.45, 7) is 0.510. The Morgan fingerprint density at radius 1 is 1.46 bits per heavy atom. The van der Waals surface area contributed by atoms with Crippen LogP contribution in [0.2, 0.25) is 10.2 Å². The van der Waals surface area contributed by atoms with Crippen LogP contribution in [0.1, 0.15) is 5.69 Å². The van der Waals surface area contributed by atoms with Gasteiger partial charge in [-0.05, 0) is 12.1 Å². The lowest BCUT2D eigenvalue weighted by Gasteiger charge is -2.13. The summed E-state index contributed by atoms with van der Waals surface area (Å²) < 4.78 is 0. The molecule has 72 valence electrons. The van der Waals surface area contributed by atoms with Crippen LogP contribution in [0.4, 0.5) is 0 Å². The summed E-state index contributed by atoms with van der Waals surface area (Å²) in [7, 11) is 3.37. The summed E-state index contributed by atoms with van der Waals surface area (Å²) in [4.78, 5) is 9.01. The van der Waals surface area contributed by atoms with Gasteiger partial charge in [0.05, 0.1) is 24.4 Å². The Hall–Kier alpha value is -0.350. The zero-order valence-corrected chi connectivity index (χ0v) is 8.93. The zero-order valence-electron chi connectivity index (χ0n) is 7.42. The molecule has 0 aliphatic heterocycles. The van der Waals surface area contributed by atoms with Gasteiger partial charge in [-0.25, -0.2) is 4.98 Å². The summed E-state index contributed by atoms with van der Waals surface area (Å²) in [6, 6.07) is 3.37. The van der Waals surface area contributed by atoms with Gasteiger partial charge in [-0.3, -0.25) is 0 Å². The third-order valence-electron chi connectivity index (χ3n) is 1.57. The quantitative estimate of drug-likeness (QED) is 0.578. The number of hydroxylamine groups is 2. The number of halogens is 2. The average Bonchev–Trinajstić information content (AvgIpc) is 2.11. The first-order valence-electron chi connectivity index (χ1n) is 3.69. The Bertz CT molecular complexity index is 293. The van der Waals surface area contributed by atoms with E-state index < -0.39 is 0 Å². The molecule has 0 aromatic carbocycles. The van der Waals surface area contributed by atoms with Crippen LogP contribution in [0.5, 0.6) is 0 Å². The number of aromatic nitrogens is 1. The van der Waals surface area contributed by atoms with Gasteiger partial charge in [0, 0.05) is 7.05 Å². The lowest BCUT2D eigenvalue weighted by atomic mass is 10.3. The largest absolute Gasteiger partial charge is 0.302 e. The minimum atomic E-state index is 0.434. The van der Waals surface area contributed by atoms with E-state index >= 15 is 0 Å². The number of hydrogen-bond donors (Lipinski definition) is 0. The van der Waals surface area contributed by atoms with Crippen molar-refractivity contribution in [1.82, 2.24) is 10.0 Å². The molecule has 0 bridgehead atoms. The molecule has 0 spiro atoms. The van der Waals surface area contributed by atoms with Crippen molar-refractivity contribution in [1.29, 1.82) is 0 Å². The van der Waals surface area contributed by atoms with Gasteiger partial charge in [0.1, 0.15) is 5.15 Å². The molecule has 13 heavy (non-hydrogen) atoms. The summed E-state index contributed by atoms with van der Waals surface area (Å²) >= 11 is 11.6. The molecule has 0 radical (unpaired) electrons. The third kappa shape index (κ3) is 3.12. The molecule has 0 N–H and O–H groups in total. The van der Waals surface area contributed by atoms with Crippen molar-refractivity contribution >= 4 is 23.2 Å². The normalized spacial score (nSPS) is 10.8. The maximum Gasteiger partial charge on any atom is 0.129 e. The molecule has 1 aromatic heterocycles. The minimum Gasteiger partial charge on any atom is -0.302 e. The molecule has 0 aliphatic carbocycles. The molecule has 0 atom stereocenters. The molecule has 0 amide bonds. The highest BCUT2D eigenvalue weighted by Gasteiger charge is 2.05. The van der Waals surface area contributed by atoms with E-state index in [4.69, 9.17) is 28.0 Å². The van der Waals surface area contributed by atoms with Crippen LogP contribution in [0.15, 0.2) is 12.1 Å². The highest BCUT2D eigenvalue weighted by atomic mass is 35.5. The van der Waals surface area contributed by atoms with Crippen molar-refractivity contribution in [3.63, 3.8) is 0 Å². The van der Waals surface area contributed by atoms with Crippen LogP contribution in [0, 0.1) is 0 Å². The van der Waals surface area contributed by atoms with Crippen LogP contribution < -0.4 is 0 Å². The predicted molar refractivity (Wildman–Crippen MR) is 52.7 cm³/mol. The van der Waals surface area contributed by atoms with Gasteiger partial charge in [0.15, 0.2) is 0 Å². The first-order chi connectivity index (χ1) is 6.13. The van der Waals surface area contributed by atoms with Gasteiger partial charge in [0.25, 0.3) is 0 Å². The van der Waals surface area contributed by atoms with E-state index in [0.717, 1.165) is 0 Å². The molecule has 0 unspecified atom stereocenters. The van der Waals surface area contributed by atoms with E-state index in [1.165, 1.54) is 0 Å². The average molecular weight is 221 g/mol. The standard InChI is InChI=1S/C8H10Cl2N2O/c1-12(13-2)5-7-6(9)3-4-8(10)11-7/h3-4H,5H2,1-2H3. The molecule has 0 aliphatic rings. The van der Waals surface area contributed by atoms with E-state index in [1.807, 2.05) is 0 Å². The molecular weight excluding hydrogens is 211 g/mol. The fourth-order valence-corrected chi connectivity index (χ4v) is 1.17. The second-order valence-corrected chi connectivity index (χ2v) is 3.33. The summed E-state index contributed by atoms with van der Waals surface area (Å²) in [5.41, 5.74) is 0.707. The van der Waals surface area contributed by atoms with Gasteiger partial charge in [-0.1, -0.05) is 23.2 Å². The number of pyridine rings is 1. The monoisotopic (exact) mass is 220 g/mol. The van der Waals surface area contributed by atoms with Crippen LogP contribution >= 0.6 is 23.2 Å². The smallest absolute Gasteiger partial charge is 0.129 e. The highest BCUT2D eigenvalue weighted by molar-refractivity contribution is 6.32. The summed E-state index contributed by atoms with van der Waals surface area (Å²) in [5, 5.41) is 2.64.